The van der Waals surface area contributed by atoms with Crippen molar-refractivity contribution in [3.63, 3.8) is 0 Å². The Balaban J connectivity index is -0.000000281. The van der Waals surface area contributed by atoms with E-state index in [0.29, 0.717) is 5.75 Å². The third kappa shape index (κ3) is 6.27. The molecule has 6 nitrogen and oxygen atoms in total. The number of carbonyl (C=O) groups is 1. The van der Waals surface area contributed by atoms with Crippen LogP contribution >= 0.6 is 7.60 Å². The molecule has 0 aliphatic heterocycles. The molecule has 9 heteroatoms. The van der Waals surface area contributed by atoms with Crippen molar-refractivity contribution in [2.24, 2.45) is 0 Å². The quantitative estimate of drug-likeness (QED) is 0.433. The van der Waals surface area contributed by atoms with Gasteiger partial charge >= 0.3 is 72.4 Å². The number of rotatable bonds is 4. The summed E-state index contributed by atoms with van der Waals surface area (Å²) in [7, 11) is -3.17. The number of carboxylic acid groups (broad SMARTS) is 1. The number of hydrogen-bond acceptors (Lipinski definition) is 4. The molecule has 1 aromatic rings. The second-order valence-corrected chi connectivity index (χ2v) is 4.18. The fraction of sp³-hybridized carbons (Fsp3) is 0.125. The Morgan fingerprint density at radius 2 is 1.65 bits per heavy atom. The molecule has 0 heterocycles. The van der Waals surface area contributed by atoms with E-state index in [0.717, 1.165) is 0 Å². The summed E-state index contributed by atoms with van der Waals surface area (Å²) in [6.07, 6.45) is 0. The molecule has 0 saturated heterocycles. The molecule has 0 amide bonds. The predicted octanol–water partition coefficient (Wildman–Crippen LogP) is -3.83. The maximum Gasteiger partial charge on any atom is 1.00 e. The van der Waals surface area contributed by atoms with Crippen molar-refractivity contribution < 1.29 is 90.6 Å². The summed E-state index contributed by atoms with van der Waals surface area (Å²) in [6.45, 7) is 0. The molecular weight excluding hydrogens is 269 g/mol. The van der Waals surface area contributed by atoms with E-state index in [4.69, 9.17) is 14.7 Å². The SMILES string of the molecule is COc1ccc(OP(=O)(O)C(=O)O)cc1.[H-].[H-].[Na+].[Na+]. The van der Waals surface area contributed by atoms with Crippen LogP contribution < -0.4 is 68.4 Å². The van der Waals surface area contributed by atoms with Crippen molar-refractivity contribution in [1.82, 2.24) is 0 Å². The molecule has 1 unspecified atom stereocenters. The minimum Gasteiger partial charge on any atom is -1.00 e. The first-order valence-corrected chi connectivity index (χ1v) is 5.43. The third-order valence-electron chi connectivity index (χ3n) is 1.53. The number of benzene rings is 1. The average Bonchev–Trinajstić information content (AvgIpc) is 2.18. The first-order valence-electron chi connectivity index (χ1n) is 3.85. The minimum absolute atomic E-state index is 0. The second kappa shape index (κ2) is 8.56. The molecule has 17 heavy (non-hydrogen) atoms. The Hall–Kier alpha value is 0.480. The van der Waals surface area contributed by atoms with E-state index in [1.165, 1.54) is 31.4 Å². The summed E-state index contributed by atoms with van der Waals surface area (Å²) < 4.78 is 20.2. The minimum atomic E-state index is -4.63. The normalized spacial score (nSPS) is 12.4. The zero-order chi connectivity index (χ0) is 11.5. The Morgan fingerprint density at radius 3 is 2.00 bits per heavy atom. The summed E-state index contributed by atoms with van der Waals surface area (Å²) in [6, 6.07) is 5.64. The maximum absolute atomic E-state index is 10.9. The molecule has 0 aliphatic rings. The molecular formula is C8H11Na2O6P. The zero-order valence-electron chi connectivity index (χ0n) is 11.8. The third-order valence-corrected chi connectivity index (χ3v) is 2.47. The van der Waals surface area contributed by atoms with Gasteiger partial charge in [-0.25, -0.2) is 9.36 Å². The van der Waals surface area contributed by atoms with Crippen molar-refractivity contribution in [3.05, 3.63) is 24.3 Å². The topological polar surface area (TPSA) is 93.1 Å². The van der Waals surface area contributed by atoms with Gasteiger partial charge < -0.3 is 22.1 Å². The molecule has 0 radical (unpaired) electrons. The van der Waals surface area contributed by atoms with Crippen molar-refractivity contribution in [1.29, 1.82) is 0 Å². The fourth-order valence-electron chi connectivity index (χ4n) is 0.819. The van der Waals surface area contributed by atoms with Crippen LogP contribution in [0.1, 0.15) is 2.85 Å². The second-order valence-electron chi connectivity index (χ2n) is 2.57. The van der Waals surface area contributed by atoms with Crippen LogP contribution in [0.5, 0.6) is 11.5 Å². The van der Waals surface area contributed by atoms with E-state index >= 15 is 0 Å². The van der Waals surface area contributed by atoms with E-state index in [2.05, 4.69) is 4.52 Å². The summed E-state index contributed by atoms with van der Waals surface area (Å²) >= 11 is 0. The molecule has 86 valence electrons. The van der Waals surface area contributed by atoms with Gasteiger partial charge in [0.1, 0.15) is 11.5 Å². The van der Waals surface area contributed by atoms with E-state index in [1.807, 2.05) is 0 Å². The monoisotopic (exact) mass is 280 g/mol. The average molecular weight is 280 g/mol. The van der Waals surface area contributed by atoms with Crippen molar-refractivity contribution in [2.45, 2.75) is 0 Å². The van der Waals surface area contributed by atoms with Crippen LogP contribution in [-0.2, 0) is 4.57 Å². The Kier molecular flexibility index (Phi) is 9.97. The van der Waals surface area contributed by atoms with Gasteiger partial charge in [-0.05, 0) is 24.3 Å². The van der Waals surface area contributed by atoms with Crippen LogP contribution in [-0.4, -0.2) is 22.8 Å². The van der Waals surface area contributed by atoms with Gasteiger partial charge in [0.2, 0.25) is 0 Å². The molecule has 2 N–H and O–H groups in total. The van der Waals surface area contributed by atoms with Crippen LogP contribution in [0, 0.1) is 0 Å². The van der Waals surface area contributed by atoms with Crippen molar-refractivity contribution >= 4 is 13.3 Å². The maximum atomic E-state index is 10.9. The van der Waals surface area contributed by atoms with E-state index in [9.17, 15) is 9.36 Å². The molecule has 1 aromatic carbocycles. The largest absolute Gasteiger partial charge is 1.00 e. The summed E-state index contributed by atoms with van der Waals surface area (Å²) in [4.78, 5) is 19.2. The first kappa shape index (κ1) is 19.8. The fourth-order valence-corrected chi connectivity index (χ4v) is 1.30. The van der Waals surface area contributed by atoms with E-state index in [-0.39, 0.29) is 67.7 Å². The molecule has 1 atom stereocenters. The van der Waals surface area contributed by atoms with Crippen LogP contribution in [0.2, 0.25) is 0 Å². The Morgan fingerprint density at radius 1 is 1.24 bits per heavy atom. The standard InChI is InChI=1S/C8H9O6P.2Na.2H/c1-13-6-2-4-7(5-3-6)14-15(11,12)8(9)10;;;;/h2-5H,1H3,(H,9,10)(H,11,12);;;;/q;2*+1;2*-1. The van der Waals surface area contributed by atoms with Gasteiger partial charge in [0.15, 0.2) is 0 Å². The molecule has 0 fully saturated rings. The van der Waals surface area contributed by atoms with Crippen LogP contribution in [0.25, 0.3) is 0 Å². The van der Waals surface area contributed by atoms with Crippen molar-refractivity contribution in [2.75, 3.05) is 7.11 Å². The first-order chi connectivity index (χ1) is 6.95. The number of ether oxygens (including phenoxy) is 1. The summed E-state index contributed by atoms with van der Waals surface area (Å²) in [5.41, 5.74) is -1.89. The van der Waals surface area contributed by atoms with Gasteiger partial charge in [0.05, 0.1) is 7.11 Å². The van der Waals surface area contributed by atoms with Gasteiger partial charge in [0.25, 0.3) is 0 Å². The molecule has 0 saturated carbocycles. The molecule has 0 spiro atoms. The predicted molar refractivity (Wildman–Crippen MR) is 53.7 cm³/mol. The van der Waals surface area contributed by atoms with Gasteiger partial charge in [-0.3, -0.25) is 0 Å². The van der Waals surface area contributed by atoms with E-state index < -0.39 is 13.3 Å². The zero-order valence-corrected chi connectivity index (χ0v) is 14.7. The molecule has 1 rings (SSSR count). The molecule has 0 bridgehead atoms. The smallest absolute Gasteiger partial charge is 1.00 e. The Labute approximate surface area is 145 Å². The number of hydrogen-bond donors (Lipinski definition) is 2. The summed E-state index contributed by atoms with van der Waals surface area (Å²) in [5, 5.41) is 8.34. The Bertz CT molecular complexity index is 416. The molecule has 0 aliphatic carbocycles. The van der Waals surface area contributed by atoms with Crippen molar-refractivity contribution in [3.8, 4) is 11.5 Å². The van der Waals surface area contributed by atoms with Crippen LogP contribution in [0.3, 0.4) is 0 Å². The van der Waals surface area contributed by atoms with Gasteiger partial charge in [-0.2, -0.15) is 0 Å². The molecule has 0 aromatic heterocycles. The van der Waals surface area contributed by atoms with Crippen LogP contribution in [0.15, 0.2) is 24.3 Å². The summed E-state index contributed by atoms with van der Waals surface area (Å²) in [5.74, 6) is 0.523. The van der Waals surface area contributed by atoms with Gasteiger partial charge in [0, 0.05) is 0 Å². The van der Waals surface area contributed by atoms with Gasteiger partial charge in [-0.15, -0.1) is 0 Å². The van der Waals surface area contributed by atoms with Crippen LogP contribution in [0.4, 0.5) is 4.79 Å². The number of methoxy groups -OCH3 is 1. The van der Waals surface area contributed by atoms with E-state index in [1.54, 1.807) is 0 Å². The van der Waals surface area contributed by atoms with Gasteiger partial charge in [-0.1, -0.05) is 0 Å².